The standard InChI is InChI=1S/C34H43NO4/c1-4-5-6-7-8-9-10-11-12-13-14-15-16-17-18-19-20-21-22-23-33(36)35-28(2)30(27-34(37)38)31-26-29(39-3)24-25-32(31)35/h5-6,8-9,11-12,14-15,17-18,20-21,24-26H,4,7,10,13,16,19,22-23,27H2,1-3H3,(H,37,38)/b6-5-,9-8-,12-11-,15-14-,18-17-,21-20-. The Bertz CT molecular complexity index is 1240. The number of aromatic nitrogens is 1. The van der Waals surface area contributed by atoms with E-state index in [1.165, 1.54) is 0 Å². The van der Waals surface area contributed by atoms with E-state index in [0.717, 1.165) is 49.4 Å². The lowest BCUT2D eigenvalue weighted by molar-refractivity contribution is -0.136. The van der Waals surface area contributed by atoms with Crippen LogP contribution in [0.4, 0.5) is 0 Å². The number of benzene rings is 1. The molecule has 0 aliphatic heterocycles. The van der Waals surface area contributed by atoms with Gasteiger partial charge in [0, 0.05) is 17.5 Å². The molecule has 0 fully saturated rings. The monoisotopic (exact) mass is 529 g/mol. The van der Waals surface area contributed by atoms with Crippen LogP contribution in [0, 0.1) is 6.92 Å². The zero-order valence-corrected chi connectivity index (χ0v) is 23.6. The van der Waals surface area contributed by atoms with Gasteiger partial charge in [-0.3, -0.25) is 14.2 Å². The Morgan fingerprint density at radius 2 is 1.33 bits per heavy atom. The van der Waals surface area contributed by atoms with Gasteiger partial charge >= 0.3 is 5.97 Å². The van der Waals surface area contributed by atoms with Crippen molar-refractivity contribution in [2.24, 2.45) is 0 Å². The van der Waals surface area contributed by atoms with Crippen LogP contribution in [0.1, 0.15) is 74.3 Å². The molecule has 0 saturated carbocycles. The smallest absolute Gasteiger partial charge is 0.307 e. The molecule has 1 heterocycles. The second-order valence-corrected chi connectivity index (χ2v) is 9.20. The summed E-state index contributed by atoms with van der Waals surface area (Å²) in [6.07, 6.45) is 32.5. The number of ether oxygens (including phenoxy) is 1. The number of aliphatic carboxylic acids is 1. The molecule has 0 spiro atoms. The van der Waals surface area contributed by atoms with Crippen LogP contribution in [-0.4, -0.2) is 28.7 Å². The van der Waals surface area contributed by atoms with Crippen LogP contribution < -0.4 is 4.74 Å². The SMILES string of the molecule is CC/C=C\C/C=C\C/C=C\C/C=C\C/C=C\C/C=C\CCC(=O)n1c(C)c(CC(=O)O)c2cc(OC)ccc21. The molecule has 0 bridgehead atoms. The quantitative estimate of drug-likeness (QED) is 0.208. The molecule has 5 heteroatoms. The summed E-state index contributed by atoms with van der Waals surface area (Å²) in [5.74, 6) is -0.332. The van der Waals surface area contributed by atoms with Gasteiger partial charge < -0.3 is 9.84 Å². The predicted molar refractivity (Wildman–Crippen MR) is 163 cm³/mol. The third kappa shape index (κ3) is 11.2. The zero-order chi connectivity index (χ0) is 28.3. The van der Waals surface area contributed by atoms with Crippen LogP contribution in [0.15, 0.2) is 91.1 Å². The third-order valence-electron chi connectivity index (χ3n) is 6.24. The van der Waals surface area contributed by atoms with Crippen molar-refractivity contribution in [3.63, 3.8) is 0 Å². The van der Waals surface area contributed by atoms with Crippen molar-refractivity contribution in [2.45, 2.75) is 71.6 Å². The molecule has 39 heavy (non-hydrogen) atoms. The largest absolute Gasteiger partial charge is 0.497 e. The fourth-order valence-corrected chi connectivity index (χ4v) is 4.24. The molecule has 0 aliphatic carbocycles. The van der Waals surface area contributed by atoms with E-state index >= 15 is 0 Å². The highest BCUT2D eigenvalue weighted by atomic mass is 16.5. The predicted octanol–water partition coefficient (Wildman–Crippen LogP) is 8.70. The number of allylic oxidation sites excluding steroid dienone is 12. The highest BCUT2D eigenvalue weighted by Crippen LogP contribution is 2.30. The van der Waals surface area contributed by atoms with Crippen LogP contribution in [0.3, 0.4) is 0 Å². The van der Waals surface area contributed by atoms with Crippen molar-refractivity contribution in [3.8, 4) is 5.75 Å². The summed E-state index contributed by atoms with van der Waals surface area (Å²) < 4.78 is 6.94. The van der Waals surface area contributed by atoms with E-state index in [4.69, 9.17) is 4.74 Å². The van der Waals surface area contributed by atoms with Crippen LogP contribution in [0.2, 0.25) is 0 Å². The van der Waals surface area contributed by atoms with Crippen LogP contribution in [-0.2, 0) is 11.2 Å². The first kappa shape index (κ1) is 31.4. The molecule has 1 aromatic heterocycles. The van der Waals surface area contributed by atoms with Gasteiger partial charge in [0.1, 0.15) is 5.75 Å². The van der Waals surface area contributed by atoms with E-state index in [0.29, 0.717) is 29.8 Å². The fourth-order valence-electron chi connectivity index (χ4n) is 4.24. The summed E-state index contributed by atoms with van der Waals surface area (Å²) in [5.41, 5.74) is 2.05. The Balaban J connectivity index is 1.73. The first-order valence-electron chi connectivity index (χ1n) is 13.8. The van der Waals surface area contributed by atoms with Gasteiger partial charge in [-0.2, -0.15) is 0 Å². The zero-order valence-electron chi connectivity index (χ0n) is 23.6. The molecule has 208 valence electrons. The van der Waals surface area contributed by atoms with E-state index < -0.39 is 5.97 Å². The number of carboxylic acids is 1. The summed E-state index contributed by atoms with van der Waals surface area (Å²) in [5, 5.41) is 10.1. The maximum Gasteiger partial charge on any atom is 0.307 e. The van der Waals surface area contributed by atoms with Gasteiger partial charge in [0.2, 0.25) is 5.91 Å². The van der Waals surface area contributed by atoms with Crippen molar-refractivity contribution in [2.75, 3.05) is 7.11 Å². The summed E-state index contributed by atoms with van der Waals surface area (Å²) in [6.45, 7) is 3.95. The number of hydrogen-bond acceptors (Lipinski definition) is 3. The van der Waals surface area contributed by atoms with E-state index in [9.17, 15) is 14.7 Å². The fraction of sp³-hybridized carbons (Fsp3) is 0.353. The molecule has 0 atom stereocenters. The molecular formula is C34H43NO4. The minimum atomic E-state index is -0.926. The summed E-state index contributed by atoms with van der Waals surface area (Å²) >= 11 is 0. The van der Waals surface area contributed by atoms with Crippen LogP contribution in [0.25, 0.3) is 10.9 Å². The van der Waals surface area contributed by atoms with E-state index in [1.54, 1.807) is 30.7 Å². The summed E-state index contributed by atoms with van der Waals surface area (Å²) in [4.78, 5) is 24.4. The maximum absolute atomic E-state index is 13.0. The van der Waals surface area contributed by atoms with Crippen LogP contribution >= 0.6 is 0 Å². The van der Waals surface area contributed by atoms with Gasteiger partial charge in [0.05, 0.1) is 19.0 Å². The number of methoxy groups -OCH3 is 1. The van der Waals surface area contributed by atoms with Gasteiger partial charge in [-0.1, -0.05) is 79.8 Å². The molecule has 0 unspecified atom stereocenters. The van der Waals surface area contributed by atoms with Gasteiger partial charge in [-0.25, -0.2) is 0 Å². The van der Waals surface area contributed by atoms with Crippen molar-refractivity contribution in [1.29, 1.82) is 0 Å². The van der Waals surface area contributed by atoms with Crippen molar-refractivity contribution < 1.29 is 19.4 Å². The van der Waals surface area contributed by atoms with Gasteiger partial charge in [-0.05, 0) is 75.6 Å². The van der Waals surface area contributed by atoms with Gasteiger partial charge in [0.25, 0.3) is 0 Å². The van der Waals surface area contributed by atoms with Gasteiger partial charge in [0.15, 0.2) is 0 Å². The Morgan fingerprint density at radius 1 is 0.821 bits per heavy atom. The number of carbonyl (C=O) groups excluding carboxylic acids is 1. The molecule has 0 saturated heterocycles. The average molecular weight is 530 g/mol. The normalized spacial score (nSPS) is 12.6. The highest BCUT2D eigenvalue weighted by Gasteiger charge is 2.20. The third-order valence-corrected chi connectivity index (χ3v) is 6.24. The number of fused-ring (bicyclic) bond motifs is 1. The Morgan fingerprint density at radius 3 is 1.82 bits per heavy atom. The molecule has 0 radical (unpaired) electrons. The number of nitrogens with zero attached hydrogens (tertiary/aromatic N) is 1. The molecule has 0 amide bonds. The van der Waals surface area contributed by atoms with Crippen LogP contribution in [0.5, 0.6) is 5.75 Å². The molecule has 1 aromatic carbocycles. The van der Waals surface area contributed by atoms with E-state index in [1.807, 2.05) is 12.1 Å². The van der Waals surface area contributed by atoms with E-state index in [-0.39, 0.29) is 12.3 Å². The second kappa shape index (κ2) is 18.4. The average Bonchev–Trinajstić information content (AvgIpc) is 3.19. The number of rotatable bonds is 17. The molecule has 2 aromatic rings. The lowest BCUT2D eigenvalue weighted by Crippen LogP contribution is -2.12. The maximum atomic E-state index is 13.0. The number of hydrogen-bond donors (Lipinski definition) is 1. The van der Waals surface area contributed by atoms with Crippen molar-refractivity contribution >= 4 is 22.8 Å². The highest BCUT2D eigenvalue weighted by molar-refractivity contribution is 5.98. The second-order valence-electron chi connectivity index (χ2n) is 9.20. The molecule has 1 N–H and O–H groups in total. The summed E-state index contributed by atoms with van der Waals surface area (Å²) in [6, 6.07) is 5.42. The molecule has 0 aliphatic rings. The van der Waals surface area contributed by atoms with E-state index in [2.05, 4.69) is 73.8 Å². The first-order valence-corrected chi connectivity index (χ1v) is 13.8. The lowest BCUT2D eigenvalue weighted by atomic mass is 10.1. The number of carbonyl (C=O) groups is 2. The Labute approximate surface area is 233 Å². The van der Waals surface area contributed by atoms with Gasteiger partial charge in [-0.15, -0.1) is 0 Å². The first-order chi connectivity index (χ1) is 19.0. The number of carboxylic acid groups (broad SMARTS) is 1. The summed E-state index contributed by atoms with van der Waals surface area (Å²) in [7, 11) is 1.57. The lowest BCUT2D eigenvalue weighted by Gasteiger charge is -2.06. The Kier molecular flexibility index (Phi) is 14.8. The minimum Gasteiger partial charge on any atom is -0.497 e. The topological polar surface area (TPSA) is 68.5 Å². The molecule has 2 rings (SSSR count). The Hall–Kier alpha value is -3.86. The molecular weight excluding hydrogens is 486 g/mol. The van der Waals surface area contributed by atoms with Crippen molar-refractivity contribution in [3.05, 3.63) is 102 Å². The van der Waals surface area contributed by atoms with Crippen molar-refractivity contribution in [1.82, 2.24) is 4.57 Å². The molecule has 5 nitrogen and oxygen atoms in total. The minimum absolute atomic E-state index is 0.0427.